The maximum Gasteiger partial charge on any atom is 0.0699 e. The first kappa shape index (κ1) is 31.8. The first-order valence-corrected chi connectivity index (χ1v) is 15.8. The standard InChI is InChI=1S/C34H60N/c1-3-5-7-9-11-13-15-17-19-21-23-25-27-29-33-31-32-35-34(33)30-28-26-24-22-20-18-16-14-12-10-8-6-4-2/h27-32H,3-26H2,1-2H3/b29-27+,30-28+. The third-order valence-corrected chi connectivity index (χ3v) is 7.29. The minimum Gasteiger partial charge on any atom is -0.256 e. The summed E-state index contributed by atoms with van der Waals surface area (Å²) in [6, 6.07) is 0. The Morgan fingerprint density at radius 2 is 0.857 bits per heavy atom. The van der Waals surface area contributed by atoms with Crippen LogP contribution in [0.15, 0.2) is 47.9 Å². The van der Waals surface area contributed by atoms with Crippen molar-refractivity contribution < 1.29 is 0 Å². The molecule has 1 nitrogen and oxygen atoms in total. The SMILES string of the molecule is CCCCCCCCCCCCC/C=C/C1=C(/C=C/CCCCCCCCCCCCC)[N]C=C1. The van der Waals surface area contributed by atoms with Gasteiger partial charge in [-0.1, -0.05) is 160 Å². The van der Waals surface area contributed by atoms with Gasteiger partial charge >= 0.3 is 0 Å². The van der Waals surface area contributed by atoms with E-state index in [0.717, 1.165) is 5.70 Å². The van der Waals surface area contributed by atoms with Gasteiger partial charge in [0.05, 0.1) is 5.70 Å². The van der Waals surface area contributed by atoms with Crippen LogP contribution in [-0.4, -0.2) is 0 Å². The quantitative estimate of drug-likeness (QED) is 0.109. The first-order valence-electron chi connectivity index (χ1n) is 15.8. The van der Waals surface area contributed by atoms with Crippen LogP contribution in [0.1, 0.15) is 168 Å². The Bertz CT molecular complexity index is 565. The second kappa shape index (κ2) is 25.8. The van der Waals surface area contributed by atoms with Crippen molar-refractivity contribution in [2.75, 3.05) is 0 Å². The zero-order valence-electron chi connectivity index (χ0n) is 23.9. The number of rotatable bonds is 26. The number of allylic oxidation sites excluding steroid dienone is 6. The molecule has 0 unspecified atom stereocenters. The molecule has 1 radical (unpaired) electrons. The molecule has 0 N–H and O–H groups in total. The predicted molar refractivity (Wildman–Crippen MR) is 159 cm³/mol. The normalized spacial score (nSPS) is 13.7. The van der Waals surface area contributed by atoms with Gasteiger partial charge in [-0.05, 0) is 37.8 Å². The van der Waals surface area contributed by atoms with Crippen LogP contribution in [0.4, 0.5) is 0 Å². The van der Waals surface area contributed by atoms with Gasteiger partial charge in [-0.2, -0.15) is 0 Å². The van der Waals surface area contributed by atoms with Crippen LogP contribution >= 0.6 is 0 Å². The summed E-state index contributed by atoms with van der Waals surface area (Å²) in [5, 5.41) is 4.55. The van der Waals surface area contributed by atoms with Gasteiger partial charge in [-0.3, -0.25) is 5.32 Å². The van der Waals surface area contributed by atoms with Crippen LogP contribution in [0.2, 0.25) is 0 Å². The molecule has 1 heteroatoms. The molecule has 1 heterocycles. The Balaban J connectivity index is 1.97. The fourth-order valence-electron chi connectivity index (χ4n) is 4.90. The zero-order valence-corrected chi connectivity index (χ0v) is 23.9. The van der Waals surface area contributed by atoms with E-state index < -0.39 is 0 Å². The van der Waals surface area contributed by atoms with Crippen LogP contribution in [0, 0.1) is 0 Å². The van der Waals surface area contributed by atoms with E-state index in [1.165, 1.54) is 160 Å². The molecule has 1 aliphatic rings. The maximum absolute atomic E-state index is 4.55. The highest BCUT2D eigenvalue weighted by Gasteiger charge is 2.04. The summed E-state index contributed by atoms with van der Waals surface area (Å²) >= 11 is 0. The average Bonchev–Trinajstić information content (AvgIpc) is 3.32. The van der Waals surface area contributed by atoms with Gasteiger partial charge in [0.2, 0.25) is 0 Å². The Hall–Kier alpha value is -1.24. The van der Waals surface area contributed by atoms with E-state index in [-0.39, 0.29) is 0 Å². The largest absolute Gasteiger partial charge is 0.256 e. The van der Waals surface area contributed by atoms with Crippen LogP contribution in [0.25, 0.3) is 0 Å². The highest BCUT2D eigenvalue weighted by molar-refractivity contribution is 5.44. The molecular formula is C34H60N. The van der Waals surface area contributed by atoms with Gasteiger partial charge in [0.15, 0.2) is 0 Å². The van der Waals surface area contributed by atoms with Crippen LogP contribution in [0.5, 0.6) is 0 Å². The van der Waals surface area contributed by atoms with Gasteiger partial charge in [0, 0.05) is 11.8 Å². The molecule has 0 aliphatic carbocycles. The molecule has 35 heavy (non-hydrogen) atoms. The number of unbranched alkanes of at least 4 members (excludes halogenated alkanes) is 22. The molecule has 0 saturated heterocycles. The van der Waals surface area contributed by atoms with Gasteiger partial charge in [-0.15, -0.1) is 0 Å². The van der Waals surface area contributed by atoms with Crippen molar-refractivity contribution in [2.45, 2.75) is 168 Å². The summed E-state index contributed by atoms with van der Waals surface area (Å²) in [6.45, 7) is 4.59. The molecular weight excluding hydrogens is 422 g/mol. The van der Waals surface area contributed by atoms with E-state index in [2.05, 4.69) is 49.5 Å². The Morgan fingerprint density at radius 3 is 1.29 bits per heavy atom. The Kier molecular flexibility index (Phi) is 23.5. The number of hydrogen-bond acceptors (Lipinski definition) is 0. The van der Waals surface area contributed by atoms with E-state index in [4.69, 9.17) is 0 Å². The van der Waals surface area contributed by atoms with Gasteiger partial charge in [-0.25, -0.2) is 0 Å². The van der Waals surface area contributed by atoms with Gasteiger partial charge in [0.1, 0.15) is 0 Å². The molecule has 0 spiro atoms. The third kappa shape index (κ3) is 20.6. The molecule has 0 fully saturated rings. The molecule has 0 bridgehead atoms. The van der Waals surface area contributed by atoms with Crippen LogP contribution in [-0.2, 0) is 0 Å². The molecule has 0 amide bonds. The Labute approximate surface area is 221 Å². The van der Waals surface area contributed by atoms with E-state index in [1.54, 1.807) is 0 Å². The molecule has 1 aliphatic heterocycles. The highest BCUT2D eigenvalue weighted by atomic mass is 14.9. The monoisotopic (exact) mass is 482 g/mol. The summed E-state index contributed by atoms with van der Waals surface area (Å²) in [5.41, 5.74) is 2.42. The summed E-state index contributed by atoms with van der Waals surface area (Å²) in [7, 11) is 0. The first-order chi connectivity index (χ1) is 17.4. The lowest BCUT2D eigenvalue weighted by Crippen LogP contribution is -1.89. The molecule has 0 saturated carbocycles. The second-order valence-electron chi connectivity index (χ2n) is 10.7. The van der Waals surface area contributed by atoms with Crippen LogP contribution < -0.4 is 5.32 Å². The fourth-order valence-corrected chi connectivity index (χ4v) is 4.90. The molecule has 201 valence electrons. The van der Waals surface area contributed by atoms with Gasteiger partial charge < -0.3 is 0 Å². The minimum absolute atomic E-state index is 1.14. The van der Waals surface area contributed by atoms with Crippen molar-refractivity contribution >= 4 is 0 Å². The van der Waals surface area contributed by atoms with Gasteiger partial charge in [0.25, 0.3) is 0 Å². The summed E-state index contributed by atoms with van der Waals surface area (Å²) < 4.78 is 0. The van der Waals surface area contributed by atoms with E-state index >= 15 is 0 Å². The maximum atomic E-state index is 4.55. The molecule has 0 atom stereocenters. The summed E-state index contributed by atoms with van der Waals surface area (Å²) in [5.74, 6) is 0. The highest BCUT2D eigenvalue weighted by Crippen LogP contribution is 2.17. The summed E-state index contributed by atoms with van der Waals surface area (Å²) in [4.78, 5) is 0. The smallest absolute Gasteiger partial charge is 0.0699 e. The van der Waals surface area contributed by atoms with E-state index in [9.17, 15) is 0 Å². The van der Waals surface area contributed by atoms with Crippen LogP contribution in [0.3, 0.4) is 0 Å². The van der Waals surface area contributed by atoms with E-state index in [1.807, 2.05) is 6.20 Å². The van der Waals surface area contributed by atoms with Crippen molar-refractivity contribution in [1.82, 2.24) is 5.32 Å². The summed E-state index contributed by atoms with van der Waals surface area (Å²) in [6.07, 6.45) is 46.8. The van der Waals surface area contributed by atoms with Crippen molar-refractivity contribution in [3.8, 4) is 0 Å². The molecule has 0 aromatic heterocycles. The second-order valence-corrected chi connectivity index (χ2v) is 10.7. The minimum atomic E-state index is 1.14. The fraction of sp³-hybridized carbons (Fsp3) is 0.765. The Morgan fingerprint density at radius 1 is 0.486 bits per heavy atom. The molecule has 1 rings (SSSR count). The number of hydrogen-bond donors (Lipinski definition) is 0. The lowest BCUT2D eigenvalue weighted by Gasteiger charge is -2.02. The number of nitrogens with zero attached hydrogens (tertiary/aromatic N) is 1. The lowest BCUT2D eigenvalue weighted by molar-refractivity contribution is 0.550. The molecule has 0 aromatic carbocycles. The predicted octanol–water partition coefficient (Wildman–Crippen LogP) is 11.9. The lowest BCUT2D eigenvalue weighted by atomic mass is 10.0. The van der Waals surface area contributed by atoms with Crippen molar-refractivity contribution in [2.24, 2.45) is 0 Å². The topological polar surface area (TPSA) is 14.1 Å². The third-order valence-electron chi connectivity index (χ3n) is 7.29. The zero-order chi connectivity index (χ0) is 25.1. The van der Waals surface area contributed by atoms with Crippen molar-refractivity contribution in [3.05, 3.63) is 47.9 Å². The average molecular weight is 483 g/mol. The van der Waals surface area contributed by atoms with Crippen molar-refractivity contribution in [1.29, 1.82) is 0 Å². The molecule has 0 aromatic rings. The van der Waals surface area contributed by atoms with E-state index in [0.29, 0.717) is 0 Å². The van der Waals surface area contributed by atoms with Crippen molar-refractivity contribution in [3.63, 3.8) is 0 Å².